The number of benzene rings is 2. The largest absolute Gasteiger partial charge is 0.344 e. The lowest BCUT2D eigenvalue weighted by Gasteiger charge is -2.17. The molecular formula is C22H21N3O. The normalized spacial score (nSPS) is 11.6. The van der Waals surface area contributed by atoms with Gasteiger partial charge in [0.1, 0.15) is 11.8 Å². The molecule has 0 spiro atoms. The van der Waals surface area contributed by atoms with Crippen molar-refractivity contribution in [3.05, 3.63) is 88.7 Å². The Morgan fingerprint density at radius 3 is 2.50 bits per heavy atom. The Bertz CT molecular complexity index is 980. The third-order valence-corrected chi connectivity index (χ3v) is 4.48. The number of nitrogens with one attached hydrogen (secondary N) is 1. The highest BCUT2D eigenvalue weighted by Gasteiger charge is 2.21. The van der Waals surface area contributed by atoms with Gasteiger partial charge in [0.25, 0.3) is 5.91 Å². The lowest BCUT2D eigenvalue weighted by Crippen LogP contribution is -2.29. The van der Waals surface area contributed by atoms with Crippen LogP contribution in [0.5, 0.6) is 0 Å². The molecular weight excluding hydrogens is 322 g/mol. The maximum atomic E-state index is 13.0. The number of aromatic nitrogens is 1. The van der Waals surface area contributed by atoms with E-state index in [-0.39, 0.29) is 11.9 Å². The quantitative estimate of drug-likeness (QED) is 0.760. The summed E-state index contributed by atoms with van der Waals surface area (Å²) in [5, 5.41) is 12.5. The van der Waals surface area contributed by atoms with Crippen LogP contribution in [0, 0.1) is 25.2 Å². The highest BCUT2D eigenvalue weighted by atomic mass is 16.2. The summed E-state index contributed by atoms with van der Waals surface area (Å²) >= 11 is 0. The van der Waals surface area contributed by atoms with E-state index in [0.29, 0.717) is 11.3 Å². The van der Waals surface area contributed by atoms with E-state index >= 15 is 0 Å². The van der Waals surface area contributed by atoms with Gasteiger partial charge in [-0.15, -0.1) is 0 Å². The van der Waals surface area contributed by atoms with Gasteiger partial charge in [0.2, 0.25) is 0 Å². The minimum Gasteiger partial charge on any atom is -0.344 e. The average Bonchev–Trinajstić information content (AvgIpc) is 3.06. The maximum absolute atomic E-state index is 13.0. The predicted octanol–water partition coefficient (Wildman–Crippen LogP) is 4.46. The Balaban J connectivity index is 1.98. The van der Waals surface area contributed by atoms with Crippen LogP contribution in [-0.4, -0.2) is 10.5 Å². The number of rotatable bonds is 4. The van der Waals surface area contributed by atoms with Gasteiger partial charge >= 0.3 is 0 Å². The second-order valence-corrected chi connectivity index (χ2v) is 6.46. The first-order valence-electron chi connectivity index (χ1n) is 8.56. The smallest absolute Gasteiger partial charge is 0.270 e. The fourth-order valence-electron chi connectivity index (χ4n) is 3.12. The summed E-state index contributed by atoms with van der Waals surface area (Å²) in [4.78, 5) is 13.0. The van der Waals surface area contributed by atoms with E-state index in [1.165, 1.54) is 0 Å². The Kier molecular flexibility index (Phi) is 4.90. The molecule has 0 bridgehead atoms. The van der Waals surface area contributed by atoms with Crippen LogP contribution in [0.15, 0.2) is 60.8 Å². The molecule has 1 unspecified atom stereocenters. The van der Waals surface area contributed by atoms with Crippen molar-refractivity contribution in [2.45, 2.75) is 26.8 Å². The van der Waals surface area contributed by atoms with Crippen molar-refractivity contribution < 1.29 is 4.79 Å². The van der Waals surface area contributed by atoms with Crippen LogP contribution in [0.25, 0.3) is 5.69 Å². The molecule has 1 heterocycles. The van der Waals surface area contributed by atoms with E-state index < -0.39 is 0 Å². The van der Waals surface area contributed by atoms with E-state index in [1.54, 1.807) is 16.8 Å². The molecule has 0 aliphatic rings. The third-order valence-electron chi connectivity index (χ3n) is 4.48. The number of carbonyl (C=O) groups excluding carboxylic acids is 1. The molecule has 1 aromatic heterocycles. The molecule has 1 N–H and O–H groups in total. The van der Waals surface area contributed by atoms with E-state index in [1.807, 2.05) is 63.2 Å². The minimum atomic E-state index is -0.261. The Hall–Kier alpha value is -3.32. The van der Waals surface area contributed by atoms with E-state index in [2.05, 4.69) is 17.5 Å². The van der Waals surface area contributed by atoms with Crippen molar-refractivity contribution in [3.8, 4) is 11.8 Å². The number of nitrogens with zero attached hydrogens (tertiary/aromatic N) is 2. The van der Waals surface area contributed by atoms with Gasteiger partial charge in [-0.2, -0.15) is 5.26 Å². The molecule has 4 heteroatoms. The van der Waals surface area contributed by atoms with E-state index in [0.717, 1.165) is 22.4 Å². The van der Waals surface area contributed by atoms with Gasteiger partial charge in [0, 0.05) is 11.9 Å². The predicted molar refractivity (Wildman–Crippen MR) is 102 cm³/mol. The first-order chi connectivity index (χ1) is 12.5. The van der Waals surface area contributed by atoms with Crippen LogP contribution in [0.4, 0.5) is 0 Å². The van der Waals surface area contributed by atoms with Crippen molar-refractivity contribution >= 4 is 5.91 Å². The molecule has 0 aliphatic heterocycles. The Labute approximate surface area is 153 Å². The number of hydrogen-bond donors (Lipinski definition) is 1. The van der Waals surface area contributed by atoms with Crippen molar-refractivity contribution in [1.82, 2.24) is 9.88 Å². The van der Waals surface area contributed by atoms with Gasteiger partial charge in [0.05, 0.1) is 11.6 Å². The first kappa shape index (κ1) is 17.5. The monoisotopic (exact) mass is 343 g/mol. The van der Waals surface area contributed by atoms with Crippen molar-refractivity contribution in [2.24, 2.45) is 0 Å². The van der Waals surface area contributed by atoms with Crippen LogP contribution in [0.3, 0.4) is 0 Å². The average molecular weight is 343 g/mol. The third kappa shape index (κ3) is 3.38. The van der Waals surface area contributed by atoms with Gasteiger partial charge < -0.3 is 9.88 Å². The number of carbonyl (C=O) groups is 1. The zero-order chi connectivity index (χ0) is 18.7. The molecule has 26 heavy (non-hydrogen) atoms. The number of hydrogen-bond acceptors (Lipinski definition) is 2. The van der Waals surface area contributed by atoms with Gasteiger partial charge in [-0.25, -0.2) is 0 Å². The van der Waals surface area contributed by atoms with Crippen LogP contribution >= 0.6 is 0 Å². The van der Waals surface area contributed by atoms with E-state index in [4.69, 9.17) is 0 Å². The summed E-state index contributed by atoms with van der Waals surface area (Å²) in [7, 11) is 0. The lowest BCUT2D eigenvalue weighted by molar-refractivity contribution is 0.0933. The van der Waals surface area contributed by atoms with Crippen LogP contribution < -0.4 is 5.32 Å². The molecule has 0 saturated carbocycles. The first-order valence-corrected chi connectivity index (χ1v) is 8.56. The molecule has 0 fully saturated rings. The summed E-state index contributed by atoms with van der Waals surface area (Å²) < 4.78 is 1.79. The summed E-state index contributed by atoms with van der Waals surface area (Å²) in [5.74, 6) is -0.261. The number of nitriles is 1. The van der Waals surface area contributed by atoms with Crippen molar-refractivity contribution in [2.75, 3.05) is 0 Å². The molecule has 1 amide bonds. The van der Waals surface area contributed by atoms with Crippen molar-refractivity contribution in [1.29, 1.82) is 5.26 Å². The van der Waals surface area contributed by atoms with Gasteiger partial charge in [-0.1, -0.05) is 48.0 Å². The fourth-order valence-corrected chi connectivity index (χ4v) is 3.12. The minimum absolute atomic E-state index is 0.155. The highest BCUT2D eigenvalue weighted by Crippen LogP contribution is 2.22. The highest BCUT2D eigenvalue weighted by molar-refractivity contribution is 5.96. The lowest BCUT2D eigenvalue weighted by atomic mass is 10.1. The van der Waals surface area contributed by atoms with Crippen molar-refractivity contribution in [3.63, 3.8) is 0 Å². The number of aryl methyl sites for hydroxylation is 2. The van der Waals surface area contributed by atoms with Gasteiger partial charge in [-0.05, 0) is 44.0 Å². The van der Waals surface area contributed by atoms with Crippen LogP contribution in [0.1, 0.15) is 45.7 Å². The standard InChI is InChI=1S/C22H21N3O/c1-15-9-10-20(16(2)13-15)25-12-11-19(14-23)21(25)22(26)24-17(3)18-7-5-4-6-8-18/h4-13,17H,1-3H3,(H,24,26). The Morgan fingerprint density at radius 2 is 1.85 bits per heavy atom. The second kappa shape index (κ2) is 7.28. The van der Waals surface area contributed by atoms with Gasteiger partial charge in [0.15, 0.2) is 0 Å². The fraction of sp³-hybridized carbons (Fsp3) is 0.182. The zero-order valence-corrected chi connectivity index (χ0v) is 15.2. The molecule has 4 nitrogen and oxygen atoms in total. The zero-order valence-electron chi connectivity index (χ0n) is 15.2. The van der Waals surface area contributed by atoms with Crippen LogP contribution in [-0.2, 0) is 0 Å². The summed E-state index contributed by atoms with van der Waals surface area (Å²) in [5.41, 5.74) is 4.85. The van der Waals surface area contributed by atoms with Gasteiger partial charge in [-0.3, -0.25) is 4.79 Å². The molecule has 130 valence electrons. The van der Waals surface area contributed by atoms with E-state index in [9.17, 15) is 10.1 Å². The van der Waals surface area contributed by atoms with Crippen LogP contribution in [0.2, 0.25) is 0 Å². The SMILES string of the molecule is Cc1ccc(-n2ccc(C#N)c2C(=O)NC(C)c2ccccc2)c(C)c1. The molecule has 0 saturated heterocycles. The topological polar surface area (TPSA) is 57.8 Å². The Morgan fingerprint density at radius 1 is 1.12 bits per heavy atom. The molecule has 1 atom stereocenters. The summed E-state index contributed by atoms with van der Waals surface area (Å²) in [6.45, 7) is 5.97. The molecule has 3 aromatic rings. The molecule has 2 aromatic carbocycles. The second-order valence-electron chi connectivity index (χ2n) is 6.46. The molecule has 0 aliphatic carbocycles. The maximum Gasteiger partial charge on any atom is 0.270 e. The molecule has 3 rings (SSSR count). The number of amides is 1. The molecule has 0 radical (unpaired) electrons. The summed E-state index contributed by atoms with van der Waals surface area (Å²) in [6.07, 6.45) is 1.78. The summed E-state index contributed by atoms with van der Waals surface area (Å²) in [6, 6.07) is 19.5.